The first-order chi connectivity index (χ1) is 9.52. The lowest BCUT2D eigenvalue weighted by molar-refractivity contribution is -0.136. The van der Waals surface area contributed by atoms with E-state index in [1.165, 1.54) is 5.70 Å². The Morgan fingerprint density at radius 2 is 2.05 bits per heavy atom. The Balaban J connectivity index is 1.84. The van der Waals surface area contributed by atoms with Crippen molar-refractivity contribution >= 4 is 5.91 Å². The van der Waals surface area contributed by atoms with Crippen LogP contribution in [0.4, 0.5) is 0 Å². The zero-order valence-electron chi connectivity index (χ0n) is 12.5. The second-order valence-corrected chi connectivity index (χ2v) is 6.99. The first-order valence-corrected chi connectivity index (χ1v) is 7.99. The van der Waals surface area contributed by atoms with E-state index in [2.05, 4.69) is 24.5 Å². The van der Waals surface area contributed by atoms with Gasteiger partial charge in [0.15, 0.2) is 0 Å². The molecule has 0 aromatic rings. The molecule has 1 saturated heterocycles. The summed E-state index contributed by atoms with van der Waals surface area (Å²) in [5.74, 6) is 0.359. The predicted molar refractivity (Wildman–Crippen MR) is 80.9 cm³/mol. The van der Waals surface area contributed by atoms with E-state index in [9.17, 15) is 4.79 Å². The van der Waals surface area contributed by atoms with Crippen LogP contribution in [0.5, 0.6) is 0 Å². The van der Waals surface area contributed by atoms with Crippen molar-refractivity contribution in [3.8, 4) is 0 Å². The minimum atomic E-state index is -0.116. The topological polar surface area (TPSA) is 46.3 Å². The Hall–Kier alpha value is -1.09. The number of allylic oxidation sites excluding steroid dienone is 3. The van der Waals surface area contributed by atoms with Gasteiger partial charge in [-0.05, 0) is 64.4 Å². The number of hydrogen-bond acceptors (Lipinski definition) is 2. The van der Waals surface area contributed by atoms with Gasteiger partial charge >= 0.3 is 0 Å². The molecule has 1 saturated carbocycles. The van der Waals surface area contributed by atoms with Crippen LogP contribution >= 0.6 is 0 Å². The Morgan fingerprint density at radius 1 is 1.35 bits per heavy atom. The third-order valence-corrected chi connectivity index (χ3v) is 5.40. The van der Waals surface area contributed by atoms with Gasteiger partial charge in [0.2, 0.25) is 5.91 Å². The lowest BCUT2D eigenvalue weighted by Crippen LogP contribution is -2.40. The summed E-state index contributed by atoms with van der Waals surface area (Å²) >= 11 is 0. The Bertz CT molecular complexity index is 458. The molecule has 1 spiro atoms. The molecule has 3 aliphatic rings. The summed E-state index contributed by atoms with van der Waals surface area (Å²) in [5, 5.41) is 0. The lowest BCUT2D eigenvalue weighted by Gasteiger charge is -2.35. The quantitative estimate of drug-likeness (QED) is 0.798. The summed E-state index contributed by atoms with van der Waals surface area (Å²) in [5.41, 5.74) is 8.26. The summed E-state index contributed by atoms with van der Waals surface area (Å²) in [4.78, 5) is 15.1. The van der Waals surface area contributed by atoms with Gasteiger partial charge in [0.1, 0.15) is 0 Å². The summed E-state index contributed by atoms with van der Waals surface area (Å²) < 4.78 is 0. The Kier molecular flexibility index (Phi) is 3.49. The molecule has 1 heterocycles. The maximum Gasteiger partial charge on any atom is 0.233 e. The van der Waals surface area contributed by atoms with Crippen LogP contribution in [0.15, 0.2) is 23.9 Å². The van der Waals surface area contributed by atoms with Gasteiger partial charge in [0.25, 0.3) is 0 Å². The van der Waals surface area contributed by atoms with Gasteiger partial charge < -0.3 is 10.6 Å². The number of carbonyl (C=O) groups is 1. The van der Waals surface area contributed by atoms with E-state index in [1.54, 1.807) is 0 Å². The summed E-state index contributed by atoms with van der Waals surface area (Å²) in [6, 6.07) is 0.625. The highest BCUT2D eigenvalue weighted by Gasteiger charge is 2.51. The highest BCUT2D eigenvalue weighted by molar-refractivity contribution is 5.87. The minimum absolute atomic E-state index is 0.116. The van der Waals surface area contributed by atoms with Crippen LogP contribution < -0.4 is 5.73 Å². The lowest BCUT2D eigenvalue weighted by atomic mass is 9.71. The normalized spacial score (nSPS) is 38.5. The Morgan fingerprint density at radius 3 is 2.70 bits per heavy atom. The number of amides is 1. The van der Waals surface area contributed by atoms with Crippen molar-refractivity contribution in [2.45, 2.75) is 70.4 Å². The van der Waals surface area contributed by atoms with Gasteiger partial charge in [0, 0.05) is 17.8 Å². The molecule has 0 aromatic carbocycles. The van der Waals surface area contributed by atoms with Gasteiger partial charge in [0.05, 0.1) is 5.41 Å². The number of nitrogens with zero attached hydrogens (tertiary/aromatic N) is 1. The van der Waals surface area contributed by atoms with Crippen LogP contribution in [0.3, 0.4) is 0 Å². The second-order valence-electron chi connectivity index (χ2n) is 6.99. The summed E-state index contributed by atoms with van der Waals surface area (Å²) in [6.07, 6.45) is 10.3. The molecule has 1 amide bonds. The maximum absolute atomic E-state index is 13.0. The van der Waals surface area contributed by atoms with Crippen molar-refractivity contribution in [3.63, 3.8) is 0 Å². The fraction of sp³-hybridized carbons (Fsp3) is 0.706. The molecule has 0 aromatic heterocycles. The number of hydrogen-bond donors (Lipinski definition) is 1. The van der Waals surface area contributed by atoms with Crippen molar-refractivity contribution in [2.24, 2.45) is 11.1 Å². The first-order valence-electron chi connectivity index (χ1n) is 7.99. The van der Waals surface area contributed by atoms with E-state index in [0.717, 1.165) is 56.9 Å². The van der Waals surface area contributed by atoms with E-state index in [1.807, 2.05) is 0 Å². The molecule has 0 unspecified atom stereocenters. The van der Waals surface area contributed by atoms with Crippen LogP contribution in [-0.2, 0) is 4.79 Å². The second kappa shape index (κ2) is 5.03. The van der Waals surface area contributed by atoms with Crippen LogP contribution in [0, 0.1) is 5.41 Å². The molecule has 2 aliphatic carbocycles. The zero-order chi connectivity index (χ0) is 14.3. The molecule has 0 radical (unpaired) electrons. The SMILES string of the molecule is C=C1C=C(N2C(=O)C3(CCC(N)CC3)C[C@H]2C)CCC1. The smallest absolute Gasteiger partial charge is 0.233 e. The average molecular weight is 274 g/mol. The van der Waals surface area contributed by atoms with E-state index >= 15 is 0 Å². The molecule has 3 heteroatoms. The predicted octanol–water partition coefficient (Wildman–Crippen LogP) is 3.12. The van der Waals surface area contributed by atoms with Crippen LogP contribution in [0.25, 0.3) is 0 Å². The third-order valence-electron chi connectivity index (χ3n) is 5.40. The van der Waals surface area contributed by atoms with Gasteiger partial charge in [-0.2, -0.15) is 0 Å². The van der Waals surface area contributed by atoms with Crippen LogP contribution in [-0.4, -0.2) is 22.9 Å². The molecule has 3 rings (SSSR count). The van der Waals surface area contributed by atoms with E-state index in [0.29, 0.717) is 18.0 Å². The largest absolute Gasteiger partial charge is 0.328 e. The number of likely N-dealkylation sites (tertiary alicyclic amines) is 1. The molecule has 0 bridgehead atoms. The first kappa shape index (κ1) is 13.9. The number of nitrogens with two attached hydrogens (primary N) is 1. The van der Waals surface area contributed by atoms with E-state index in [-0.39, 0.29) is 5.41 Å². The van der Waals surface area contributed by atoms with Crippen LogP contribution in [0.1, 0.15) is 58.3 Å². The highest BCUT2D eigenvalue weighted by Crippen LogP contribution is 2.48. The molecule has 3 nitrogen and oxygen atoms in total. The minimum Gasteiger partial charge on any atom is -0.328 e. The zero-order valence-corrected chi connectivity index (χ0v) is 12.5. The molecule has 20 heavy (non-hydrogen) atoms. The van der Waals surface area contributed by atoms with Crippen molar-refractivity contribution in [1.82, 2.24) is 4.90 Å². The standard InChI is InChI=1S/C17H26N2O/c1-12-4-3-5-15(10-12)19-13(2)11-17(16(19)20)8-6-14(18)7-9-17/h10,13-14H,1,3-9,11,18H2,2H3/t13-,14?,17?/m1/s1. The van der Waals surface area contributed by atoms with Gasteiger partial charge in [-0.15, -0.1) is 0 Å². The molecular weight excluding hydrogens is 248 g/mol. The Labute approximate surface area is 121 Å². The monoisotopic (exact) mass is 274 g/mol. The molecular formula is C17H26N2O. The third kappa shape index (κ3) is 2.22. The molecule has 1 aliphatic heterocycles. The van der Waals surface area contributed by atoms with Gasteiger partial charge in [-0.3, -0.25) is 4.79 Å². The number of rotatable bonds is 1. The number of carbonyl (C=O) groups excluding carboxylic acids is 1. The molecule has 2 fully saturated rings. The summed E-state index contributed by atoms with van der Waals surface area (Å²) in [6.45, 7) is 6.26. The van der Waals surface area contributed by atoms with Crippen molar-refractivity contribution in [1.29, 1.82) is 0 Å². The van der Waals surface area contributed by atoms with Crippen molar-refractivity contribution in [2.75, 3.05) is 0 Å². The van der Waals surface area contributed by atoms with E-state index in [4.69, 9.17) is 5.73 Å². The van der Waals surface area contributed by atoms with Crippen molar-refractivity contribution < 1.29 is 4.79 Å². The summed E-state index contributed by atoms with van der Waals surface area (Å²) in [7, 11) is 0. The molecule has 110 valence electrons. The maximum atomic E-state index is 13.0. The molecule has 1 atom stereocenters. The average Bonchev–Trinajstić information content (AvgIpc) is 2.65. The van der Waals surface area contributed by atoms with Crippen LogP contribution in [0.2, 0.25) is 0 Å². The van der Waals surface area contributed by atoms with Gasteiger partial charge in [-0.1, -0.05) is 12.2 Å². The highest BCUT2D eigenvalue weighted by atomic mass is 16.2. The van der Waals surface area contributed by atoms with Gasteiger partial charge in [-0.25, -0.2) is 0 Å². The fourth-order valence-electron chi connectivity index (χ4n) is 4.29. The fourth-order valence-corrected chi connectivity index (χ4v) is 4.29. The van der Waals surface area contributed by atoms with Crippen molar-refractivity contribution in [3.05, 3.63) is 23.9 Å². The van der Waals surface area contributed by atoms with E-state index < -0.39 is 0 Å². The molecule has 2 N–H and O–H groups in total.